The third kappa shape index (κ3) is 6.73. The van der Waals surface area contributed by atoms with E-state index >= 15 is 0 Å². The monoisotopic (exact) mass is 383 g/mol. The predicted molar refractivity (Wildman–Crippen MR) is 107 cm³/mol. The van der Waals surface area contributed by atoms with Gasteiger partial charge < -0.3 is 19.9 Å². The van der Waals surface area contributed by atoms with Gasteiger partial charge in [-0.25, -0.2) is 4.79 Å². The van der Waals surface area contributed by atoms with Crippen molar-refractivity contribution in [3.8, 4) is 5.75 Å². The second-order valence-corrected chi connectivity index (χ2v) is 8.72. The molecule has 0 aliphatic heterocycles. The standard InChI is InChI=1S/C22H35NO4/c1-20(2,3)27-19(24)23-18(21(4,5)25)16-9-11-17(12-10-16)26-15-22(6)13-7-8-14-22/h9-12,18,25H,7-8,13-15H2,1-6H3,(H,23,24)/t18-/m1/s1/i4D3,5D3. The van der Waals surface area contributed by atoms with Crippen molar-refractivity contribution in [2.75, 3.05) is 6.61 Å². The van der Waals surface area contributed by atoms with Gasteiger partial charge in [0.1, 0.15) is 11.4 Å². The van der Waals surface area contributed by atoms with Gasteiger partial charge in [-0.05, 0) is 65.0 Å². The fourth-order valence-corrected chi connectivity index (χ4v) is 3.24. The topological polar surface area (TPSA) is 67.8 Å². The normalized spacial score (nSPS) is 22.3. The van der Waals surface area contributed by atoms with Crippen LogP contribution in [0.2, 0.25) is 0 Å². The second kappa shape index (κ2) is 8.09. The Kier molecular flexibility index (Phi) is 4.28. The molecule has 0 heterocycles. The Morgan fingerprint density at radius 2 is 1.85 bits per heavy atom. The van der Waals surface area contributed by atoms with Gasteiger partial charge in [-0.3, -0.25) is 0 Å². The molecule has 1 aromatic carbocycles. The SMILES string of the molecule is [2H]C([2H])([2H])C(O)([C@H](NC(=O)OC(C)(C)C)c1ccc(OCC2(C)CCCC2)cc1)C([2H])([2H])[2H]. The molecule has 1 amide bonds. The lowest BCUT2D eigenvalue weighted by Gasteiger charge is -2.31. The summed E-state index contributed by atoms with van der Waals surface area (Å²) in [5, 5.41) is 13.3. The molecule has 2 rings (SSSR count). The van der Waals surface area contributed by atoms with Crippen molar-refractivity contribution in [3.63, 3.8) is 0 Å². The maximum Gasteiger partial charge on any atom is 0.408 e. The Morgan fingerprint density at radius 1 is 1.26 bits per heavy atom. The lowest BCUT2D eigenvalue weighted by atomic mass is 9.90. The zero-order valence-electron chi connectivity index (χ0n) is 22.6. The van der Waals surface area contributed by atoms with Gasteiger partial charge in [0.2, 0.25) is 0 Å². The van der Waals surface area contributed by atoms with E-state index < -0.39 is 37.0 Å². The third-order valence-electron chi connectivity index (χ3n) is 4.69. The Bertz CT molecular complexity index is 794. The largest absolute Gasteiger partial charge is 0.493 e. The highest BCUT2D eigenvalue weighted by Crippen LogP contribution is 2.38. The molecule has 5 heteroatoms. The van der Waals surface area contributed by atoms with Gasteiger partial charge in [0.25, 0.3) is 0 Å². The maximum atomic E-state index is 12.5. The number of nitrogens with one attached hydrogen (secondary N) is 1. The van der Waals surface area contributed by atoms with Crippen molar-refractivity contribution in [1.29, 1.82) is 0 Å². The number of alkyl carbamates (subject to hydrolysis) is 1. The highest BCUT2D eigenvalue weighted by molar-refractivity contribution is 5.68. The summed E-state index contributed by atoms with van der Waals surface area (Å²) in [4.78, 5) is 12.5. The third-order valence-corrected chi connectivity index (χ3v) is 4.69. The van der Waals surface area contributed by atoms with E-state index in [1.807, 2.05) is 0 Å². The average molecular weight is 384 g/mol. The zero-order chi connectivity index (χ0) is 25.3. The van der Waals surface area contributed by atoms with Crippen LogP contribution >= 0.6 is 0 Å². The van der Waals surface area contributed by atoms with E-state index in [4.69, 9.17) is 17.7 Å². The second-order valence-electron chi connectivity index (χ2n) is 8.72. The van der Waals surface area contributed by atoms with Crippen LogP contribution in [0.5, 0.6) is 5.75 Å². The summed E-state index contributed by atoms with van der Waals surface area (Å²) in [5.74, 6) is 0.522. The number of hydrogen-bond donors (Lipinski definition) is 2. The maximum absolute atomic E-state index is 12.5. The highest BCUT2D eigenvalue weighted by atomic mass is 16.6. The Hall–Kier alpha value is -1.75. The fourth-order valence-electron chi connectivity index (χ4n) is 3.24. The smallest absolute Gasteiger partial charge is 0.408 e. The lowest BCUT2D eigenvalue weighted by Crippen LogP contribution is -2.44. The number of carbonyl (C=O) groups excluding carboxylic acids is 1. The molecule has 0 radical (unpaired) electrons. The quantitative estimate of drug-likeness (QED) is 0.727. The molecular weight excluding hydrogens is 342 g/mol. The summed E-state index contributed by atoms with van der Waals surface area (Å²) in [6.07, 6.45) is 3.45. The molecule has 0 spiro atoms. The first-order chi connectivity index (χ1) is 14.9. The van der Waals surface area contributed by atoms with Crippen LogP contribution < -0.4 is 10.1 Å². The Morgan fingerprint density at radius 3 is 2.37 bits per heavy atom. The minimum atomic E-state index is -3.34. The van der Waals surface area contributed by atoms with Crippen LogP contribution in [0.1, 0.15) is 86.9 Å². The van der Waals surface area contributed by atoms with E-state index in [2.05, 4.69) is 12.2 Å². The van der Waals surface area contributed by atoms with E-state index in [1.54, 1.807) is 32.9 Å². The highest BCUT2D eigenvalue weighted by Gasteiger charge is 2.32. The minimum absolute atomic E-state index is 0.0926. The van der Waals surface area contributed by atoms with Crippen LogP contribution in [0.15, 0.2) is 24.3 Å². The van der Waals surface area contributed by atoms with Gasteiger partial charge in [0.05, 0.1) is 18.2 Å². The number of aliphatic hydroxyl groups is 1. The molecule has 1 aliphatic carbocycles. The number of amides is 1. The van der Waals surface area contributed by atoms with E-state index in [1.165, 1.54) is 25.0 Å². The summed E-state index contributed by atoms with van der Waals surface area (Å²) in [5.41, 5.74) is -3.99. The molecule has 1 saturated carbocycles. The first-order valence-electron chi connectivity index (χ1n) is 12.3. The average Bonchev–Trinajstić information content (AvgIpc) is 3.08. The van der Waals surface area contributed by atoms with Crippen molar-refractivity contribution >= 4 is 6.09 Å². The van der Waals surface area contributed by atoms with Crippen LogP contribution in [0.3, 0.4) is 0 Å². The predicted octanol–water partition coefficient (Wildman–Crippen LogP) is 4.98. The minimum Gasteiger partial charge on any atom is -0.493 e. The van der Waals surface area contributed by atoms with Crippen molar-refractivity contribution < 1.29 is 27.6 Å². The van der Waals surface area contributed by atoms with E-state index in [9.17, 15) is 9.90 Å². The number of hydrogen-bond acceptors (Lipinski definition) is 4. The molecule has 0 bridgehead atoms. The van der Waals surface area contributed by atoms with Crippen LogP contribution in [0.25, 0.3) is 0 Å². The molecule has 0 aromatic heterocycles. The summed E-state index contributed by atoms with van der Waals surface area (Å²) < 4.78 is 57.7. The summed E-state index contributed by atoms with van der Waals surface area (Å²) >= 11 is 0. The molecule has 1 fully saturated rings. The van der Waals surface area contributed by atoms with Gasteiger partial charge in [0.15, 0.2) is 0 Å². The molecule has 0 unspecified atom stereocenters. The number of rotatable bonds is 6. The van der Waals surface area contributed by atoms with Crippen molar-refractivity contribution in [3.05, 3.63) is 29.8 Å². The first-order valence-corrected chi connectivity index (χ1v) is 9.33. The first kappa shape index (κ1) is 14.3. The van der Waals surface area contributed by atoms with E-state index in [-0.39, 0.29) is 11.0 Å². The van der Waals surface area contributed by atoms with Crippen molar-refractivity contribution in [1.82, 2.24) is 5.32 Å². The summed E-state index contributed by atoms with van der Waals surface area (Å²) in [7, 11) is 0. The number of carbonyl (C=O) groups is 1. The molecule has 2 N–H and O–H groups in total. The van der Waals surface area contributed by atoms with Crippen LogP contribution in [0.4, 0.5) is 4.79 Å². The van der Waals surface area contributed by atoms with Gasteiger partial charge in [-0.15, -0.1) is 0 Å². The van der Waals surface area contributed by atoms with Gasteiger partial charge in [-0.1, -0.05) is 31.9 Å². The lowest BCUT2D eigenvalue weighted by molar-refractivity contribution is 0.0163. The molecule has 1 aromatic rings. The number of benzene rings is 1. The molecule has 152 valence electrons. The fraction of sp³-hybridized carbons (Fsp3) is 0.682. The van der Waals surface area contributed by atoms with Crippen LogP contribution in [0, 0.1) is 5.41 Å². The molecule has 27 heavy (non-hydrogen) atoms. The van der Waals surface area contributed by atoms with Crippen molar-refractivity contribution in [2.24, 2.45) is 5.41 Å². The van der Waals surface area contributed by atoms with E-state index in [0.717, 1.165) is 12.8 Å². The van der Waals surface area contributed by atoms with E-state index in [0.29, 0.717) is 12.4 Å². The molecular formula is C22H35NO4. The Labute approximate surface area is 171 Å². The van der Waals surface area contributed by atoms with Gasteiger partial charge >= 0.3 is 6.09 Å². The summed E-state index contributed by atoms with van der Waals surface area (Å²) in [6.45, 7) is 0.839. The molecule has 5 nitrogen and oxygen atoms in total. The Balaban J connectivity index is 2.37. The molecule has 1 atom stereocenters. The summed E-state index contributed by atoms with van der Waals surface area (Å²) in [6, 6.07) is 4.22. The van der Waals surface area contributed by atoms with Gasteiger partial charge in [-0.2, -0.15) is 0 Å². The van der Waals surface area contributed by atoms with Gasteiger partial charge in [0, 0.05) is 13.6 Å². The van der Waals surface area contributed by atoms with Crippen LogP contribution in [-0.4, -0.2) is 29.0 Å². The molecule has 0 saturated heterocycles. The van der Waals surface area contributed by atoms with Crippen molar-refractivity contribution in [2.45, 2.75) is 84.3 Å². The zero-order valence-corrected chi connectivity index (χ0v) is 16.6. The molecule has 1 aliphatic rings. The number of ether oxygens (including phenoxy) is 2. The van der Waals surface area contributed by atoms with Crippen LogP contribution in [-0.2, 0) is 4.74 Å².